The van der Waals surface area contributed by atoms with Crippen LogP contribution < -0.4 is 10.6 Å². The molecular formula is C16H26N2O. The second kappa shape index (κ2) is 7.95. The number of rotatable bonds is 7. The van der Waals surface area contributed by atoms with Crippen LogP contribution in [0.5, 0.6) is 0 Å². The number of hydrogen-bond acceptors (Lipinski definition) is 2. The molecule has 0 heterocycles. The maximum atomic E-state index is 12.1. The van der Waals surface area contributed by atoms with Crippen molar-refractivity contribution in [3.63, 3.8) is 0 Å². The Morgan fingerprint density at radius 3 is 2.26 bits per heavy atom. The number of amides is 1. The SMILES string of the molecule is CCC(CNC)C(=O)Nc1ccc(C(C)CC)cc1. The fraction of sp³-hybridized carbons (Fsp3) is 0.562. The van der Waals surface area contributed by atoms with Gasteiger partial charge >= 0.3 is 0 Å². The Morgan fingerprint density at radius 2 is 1.79 bits per heavy atom. The second-order valence-corrected chi connectivity index (χ2v) is 5.08. The van der Waals surface area contributed by atoms with E-state index in [0.29, 0.717) is 12.5 Å². The molecule has 1 aromatic carbocycles. The molecule has 19 heavy (non-hydrogen) atoms. The first-order chi connectivity index (χ1) is 9.12. The highest BCUT2D eigenvalue weighted by molar-refractivity contribution is 5.92. The summed E-state index contributed by atoms with van der Waals surface area (Å²) in [5, 5.41) is 6.04. The van der Waals surface area contributed by atoms with E-state index in [1.807, 2.05) is 26.1 Å². The molecule has 106 valence electrons. The number of hydrogen-bond donors (Lipinski definition) is 2. The van der Waals surface area contributed by atoms with Crippen LogP contribution in [-0.4, -0.2) is 19.5 Å². The summed E-state index contributed by atoms with van der Waals surface area (Å²) in [6.45, 7) is 7.15. The summed E-state index contributed by atoms with van der Waals surface area (Å²) < 4.78 is 0. The van der Waals surface area contributed by atoms with Crippen LogP contribution >= 0.6 is 0 Å². The lowest BCUT2D eigenvalue weighted by molar-refractivity contribution is -0.119. The minimum absolute atomic E-state index is 0.0271. The van der Waals surface area contributed by atoms with Crippen molar-refractivity contribution in [2.24, 2.45) is 5.92 Å². The van der Waals surface area contributed by atoms with Gasteiger partial charge in [-0.1, -0.05) is 32.9 Å². The largest absolute Gasteiger partial charge is 0.326 e. The highest BCUT2D eigenvalue weighted by atomic mass is 16.1. The van der Waals surface area contributed by atoms with E-state index in [2.05, 4.69) is 36.6 Å². The summed E-state index contributed by atoms with van der Waals surface area (Å²) in [5.74, 6) is 0.685. The first-order valence-electron chi connectivity index (χ1n) is 7.17. The van der Waals surface area contributed by atoms with Gasteiger partial charge in [0, 0.05) is 12.2 Å². The van der Waals surface area contributed by atoms with Gasteiger partial charge < -0.3 is 10.6 Å². The molecule has 2 atom stereocenters. The van der Waals surface area contributed by atoms with Crippen molar-refractivity contribution < 1.29 is 4.79 Å². The summed E-state index contributed by atoms with van der Waals surface area (Å²) >= 11 is 0. The van der Waals surface area contributed by atoms with Gasteiger partial charge in [0.05, 0.1) is 5.92 Å². The van der Waals surface area contributed by atoms with Gasteiger partial charge in [-0.05, 0) is 43.5 Å². The Bertz CT molecular complexity index is 386. The van der Waals surface area contributed by atoms with Crippen LogP contribution in [0.4, 0.5) is 5.69 Å². The first kappa shape index (κ1) is 15.7. The third-order valence-corrected chi connectivity index (χ3v) is 3.67. The Labute approximate surface area is 116 Å². The lowest BCUT2D eigenvalue weighted by Gasteiger charge is -2.15. The highest BCUT2D eigenvalue weighted by Crippen LogP contribution is 2.20. The van der Waals surface area contributed by atoms with Crippen LogP contribution in [0.15, 0.2) is 24.3 Å². The van der Waals surface area contributed by atoms with Crippen molar-refractivity contribution in [2.45, 2.75) is 39.5 Å². The predicted octanol–water partition coefficient (Wildman–Crippen LogP) is 3.38. The molecule has 2 unspecified atom stereocenters. The Balaban J connectivity index is 2.64. The number of anilines is 1. The van der Waals surface area contributed by atoms with Crippen molar-refractivity contribution >= 4 is 11.6 Å². The van der Waals surface area contributed by atoms with Crippen molar-refractivity contribution in [1.82, 2.24) is 5.32 Å². The third-order valence-electron chi connectivity index (χ3n) is 3.67. The Kier molecular flexibility index (Phi) is 6.57. The van der Waals surface area contributed by atoms with Gasteiger partial charge in [-0.2, -0.15) is 0 Å². The van der Waals surface area contributed by atoms with Gasteiger partial charge in [-0.3, -0.25) is 4.79 Å². The number of carbonyl (C=O) groups is 1. The smallest absolute Gasteiger partial charge is 0.228 e. The van der Waals surface area contributed by atoms with Crippen LogP contribution in [0.2, 0.25) is 0 Å². The summed E-state index contributed by atoms with van der Waals surface area (Å²) in [6, 6.07) is 8.18. The number of carbonyl (C=O) groups excluding carboxylic acids is 1. The first-order valence-corrected chi connectivity index (χ1v) is 7.17. The van der Waals surface area contributed by atoms with Gasteiger partial charge in [0.1, 0.15) is 0 Å². The van der Waals surface area contributed by atoms with E-state index >= 15 is 0 Å². The van der Waals surface area contributed by atoms with E-state index in [-0.39, 0.29) is 11.8 Å². The zero-order valence-corrected chi connectivity index (χ0v) is 12.5. The van der Waals surface area contributed by atoms with Crippen LogP contribution in [0.3, 0.4) is 0 Å². The molecule has 0 spiro atoms. The Morgan fingerprint density at radius 1 is 1.16 bits per heavy atom. The number of nitrogens with one attached hydrogen (secondary N) is 2. The molecule has 2 N–H and O–H groups in total. The van der Waals surface area contributed by atoms with Crippen molar-refractivity contribution in [3.8, 4) is 0 Å². The average molecular weight is 262 g/mol. The molecular weight excluding hydrogens is 236 g/mol. The maximum Gasteiger partial charge on any atom is 0.228 e. The quantitative estimate of drug-likeness (QED) is 0.791. The molecule has 1 aromatic rings. The molecule has 0 fully saturated rings. The van der Waals surface area contributed by atoms with Crippen molar-refractivity contribution in [3.05, 3.63) is 29.8 Å². The lowest BCUT2D eigenvalue weighted by Crippen LogP contribution is -2.30. The van der Waals surface area contributed by atoms with E-state index in [4.69, 9.17) is 0 Å². The highest BCUT2D eigenvalue weighted by Gasteiger charge is 2.15. The molecule has 0 saturated heterocycles. The molecule has 1 amide bonds. The molecule has 0 aliphatic rings. The molecule has 0 bridgehead atoms. The lowest BCUT2D eigenvalue weighted by atomic mass is 9.98. The molecule has 0 aromatic heterocycles. The van der Waals surface area contributed by atoms with Crippen LogP contribution in [0.1, 0.15) is 45.1 Å². The average Bonchev–Trinajstić information content (AvgIpc) is 2.44. The minimum Gasteiger partial charge on any atom is -0.326 e. The third kappa shape index (κ3) is 4.67. The predicted molar refractivity (Wildman–Crippen MR) is 81.5 cm³/mol. The van der Waals surface area contributed by atoms with Crippen molar-refractivity contribution in [1.29, 1.82) is 0 Å². The van der Waals surface area contributed by atoms with Crippen molar-refractivity contribution in [2.75, 3.05) is 18.9 Å². The zero-order chi connectivity index (χ0) is 14.3. The van der Waals surface area contributed by atoms with Gasteiger partial charge in [-0.25, -0.2) is 0 Å². The molecule has 0 saturated carbocycles. The van der Waals surface area contributed by atoms with E-state index in [1.165, 1.54) is 5.56 Å². The van der Waals surface area contributed by atoms with Crippen LogP contribution in [0, 0.1) is 5.92 Å². The fourth-order valence-electron chi connectivity index (χ4n) is 2.04. The molecule has 0 aliphatic carbocycles. The second-order valence-electron chi connectivity index (χ2n) is 5.08. The topological polar surface area (TPSA) is 41.1 Å². The minimum atomic E-state index is 0.0271. The van der Waals surface area contributed by atoms with E-state index in [9.17, 15) is 4.79 Å². The van der Waals surface area contributed by atoms with Gasteiger partial charge in [0.25, 0.3) is 0 Å². The van der Waals surface area contributed by atoms with E-state index in [1.54, 1.807) is 0 Å². The molecule has 3 heteroatoms. The zero-order valence-electron chi connectivity index (χ0n) is 12.5. The molecule has 1 rings (SSSR count). The fourth-order valence-corrected chi connectivity index (χ4v) is 2.04. The van der Waals surface area contributed by atoms with E-state index < -0.39 is 0 Å². The van der Waals surface area contributed by atoms with Gasteiger partial charge in [-0.15, -0.1) is 0 Å². The number of benzene rings is 1. The van der Waals surface area contributed by atoms with Crippen LogP contribution in [0.25, 0.3) is 0 Å². The summed E-state index contributed by atoms with van der Waals surface area (Å²) in [7, 11) is 1.87. The Hall–Kier alpha value is -1.35. The monoisotopic (exact) mass is 262 g/mol. The molecule has 0 radical (unpaired) electrons. The van der Waals surface area contributed by atoms with E-state index in [0.717, 1.165) is 18.5 Å². The summed E-state index contributed by atoms with van der Waals surface area (Å²) in [4.78, 5) is 12.1. The molecule has 0 aliphatic heterocycles. The summed E-state index contributed by atoms with van der Waals surface area (Å²) in [6.07, 6.45) is 1.98. The van der Waals surface area contributed by atoms with Crippen LogP contribution in [-0.2, 0) is 4.79 Å². The molecule has 3 nitrogen and oxygen atoms in total. The maximum absolute atomic E-state index is 12.1. The normalized spacial score (nSPS) is 13.9. The summed E-state index contributed by atoms with van der Waals surface area (Å²) in [5.41, 5.74) is 2.20. The van der Waals surface area contributed by atoms with Gasteiger partial charge in [0.15, 0.2) is 0 Å². The standard InChI is InChI=1S/C16H26N2O/c1-5-12(3)14-7-9-15(10-8-14)18-16(19)13(6-2)11-17-4/h7-10,12-13,17H,5-6,11H2,1-4H3,(H,18,19). The van der Waals surface area contributed by atoms with Gasteiger partial charge in [0.2, 0.25) is 5.91 Å².